The van der Waals surface area contributed by atoms with E-state index in [0.717, 1.165) is 180 Å². The normalized spacial score (nSPS) is 14.9. The lowest BCUT2D eigenvalue weighted by Gasteiger charge is -2.21. The smallest absolute Gasteiger partial charge is 0.462 e. The van der Waals surface area contributed by atoms with Crippen molar-refractivity contribution < 1.29 is 80.2 Å². The van der Waals surface area contributed by atoms with Crippen LogP contribution in [0, 0.1) is 0 Å². The molecule has 0 aromatic heterocycles. The molecule has 3 N–H and O–H groups in total. The highest BCUT2D eigenvalue weighted by Crippen LogP contribution is 2.45. The number of esters is 4. The van der Waals surface area contributed by atoms with Gasteiger partial charge in [0.2, 0.25) is 0 Å². The zero-order chi connectivity index (χ0) is 71.8. The number of hydrogen-bond acceptors (Lipinski definition) is 15. The van der Waals surface area contributed by atoms with Crippen molar-refractivity contribution in [3.05, 3.63) is 158 Å². The molecule has 0 bridgehead atoms. The lowest BCUT2D eigenvalue weighted by Crippen LogP contribution is -2.30. The van der Waals surface area contributed by atoms with Gasteiger partial charge < -0.3 is 33.8 Å². The standard InChI is InChI=1S/C79H128O17P2/c1-5-9-13-17-21-25-29-33-36-40-43-47-51-55-59-63-76(81)89-69-74(95-78(83)65-61-57-53-49-45-39-32-28-24-20-16-12-8-4)71-93-97(85,86)91-67-73(80)68-92-98(87,88)94-72-75(96-79(84)66-62-58-54-50-46-42-38-35-31-27-23-19-15-11-7-3)70-90-77(82)64-60-56-52-48-44-41-37-34-30-26-22-18-14-10-6-2/h9-11,13-16,20-23,25-28,32-38,44,48,56,60,73-75,80H,5-8,12,17-19,24,29-31,39-43,45-47,49-55,57-59,61-72H2,1-4H3,(H,85,86)(H,87,88)/b13-9-,14-10-,15-11-,20-16-,25-21-,26-22-,27-23-,32-28-,36-33-,37-34-,38-35-,48-44-,60-56-. The maximum Gasteiger partial charge on any atom is 0.472 e. The lowest BCUT2D eigenvalue weighted by atomic mass is 10.1. The number of carbonyl (C=O) groups is 4. The van der Waals surface area contributed by atoms with E-state index in [4.69, 9.17) is 37.0 Å². The van der Waals surface area contributed by atoms with Gasteiger partial charge in [0.25, 0.3) is 0 Å². The third kappa shape index (κ3) is 69.2. The molecule has 0 aliphatic carbocycles. The first-order valence-electron chi connectivity index (χ1n) is 36.7. The minimum Gasteiger partial charge on any atom is -0.462 e. The predicted molar refractivity (Wildman–Crippen MR) is 399 cm³/mol. The summed E-state index contributed by atoms with van der Waals surface area (Å²) in [6.45, 7) is 4.26. The number of phosphoric acid groups is 2. The molecular weight excluding hydrogens is 1280 g/mol. The fourth-order valence-corrected chi connectivity index (χ4v) is 10.6. The predicted octanol–water partition coefficient (Wildman–Crippen LogP) is 20.9. The van der Waals surface area contributed by atoms with E-state index in [1.165, 1.54) is 0 Å². The molecule has 0 heterocycles. The van der Waals surface area contributed by atoms with Crippen molar-refractivity contribution in [3.8, 4) is 0 Å². The van der Waals surface area contributed by atoms with Gasteiger partial charge in [-0.1, -0.05) is 250 Å². The molecular formula is C79H128O17P2. The van der Waals surface area contributed by atoms with Gasteiger partial charge in [-0.2, -0.15) is 0 Å². The Morgan fingerprint density at radius 1 is 0.306 bits per heavy atom. The third-order valence-electron chi connectivity index (χ3n) is 14.5. The summed E-state index contributed by atoms with van der Waals surface area (Å²) in [5.74, 6) is -2.39. The van der Waals surface area contributed by atoms with E-state index in [1.54, 1.807) is 6.08 Å². The Hall–Kier alpha value is -5.32. The Balaban J connectivity index is 5.46. The summed E-state index contributed by atoms with van der Waals surface area (Å²) in [4.78, 5) is 72.7. The van der Waals surface area contributed by atoms with Crippen LogP contribution in [0.15, 0.2) is 158 Å². The van der Waals surface area contributed by atoms with Crippen molar-refractivity contribution in [2.75, 3.05) is 39.6 Å². The first kappa shape index (κ1) is 92.7. The molecule has 0 amide bonds. The summed E-state index contributed by atoms with van der Waals surface area (Å²) in [5, 5.41) is 10.6. The third-order valence-corrected chi connectivity index (χ3v) is 16.4. The van der Waals surface area contributed by atoms with Crippen LogP contribution in [-0.4, -0.2) is 96.7 Å². The minimum absolute atomic E-state index is 0.0502. The summed E-state index contributed by atoms with van der Waals surface area (Å²) in [6.07, 6.45) is 79.9. The molecule has 98 heavy (non-hydrogen) atoms. The number of allylic oxidation sites excluding steroid dienone is 25. The van der Waals surface area contributed by atoms with Crippen LogP contribution < -0.4 is 0 Å². The van der Waals surface area contributed by atoms with Crippen LogP contribution in [-0.2, 0) is 65.4 Å². The molecule has 0 aliphatic heterocycles. The second-order valence-electron chi connectivity index (χ2n) is 23.8. The van der Waals surface area contributed by atoms with Crippen molar-refractivity contribution in [1.29, 1.82) is 0 Å². The van der Waals surface area contributed by atoms with Gasteiger partial charge >= 0.3 is 39.5 Å². The molecule has 0 aromatic carbocycles. The Kier molecular flexibility index (Phi) is 66.3. The molecule has 0 saturated heterocycles. The second kappa shape index (κ2) is 70.1. The number of carbonyl (C=O) groups excluding carboxylic acids is 4. The Bertz CT molecular complexity index is 2480. The fourth-order valence-electron chi connectivity index (χ4n) is 9.00. The molecule has 17 nitrogen and oxygen atoms in total. The molecule has 0 saturated carbocycles. The van der Waals surface area contributed by atoms with E-state index in [2.05, 4.69) is 161 Å². The van der Waals surface area contributed by atoms with Gasteiger partial charge in [0.1, 0.15) is 19.3 Å². The summed E-state index contributed by atoms with van der Waals surface area (Å²) >= 11 is 0. The molecule has 5 atom stereocenters. The number of phosphoric ester groups is 2. The summed E-state index contributed by atoms with van der Waals surface area (Å²) in [5.41, 5.74) is 0. The average molecular weight is 1410 g/mol. The van der Waals surface area contributed by atoms with Gasteiger partial charge in [0.05, 0.1) is 32.8 Å². The zero-order valence-corrected chi connectivity index (χ0v) is 62.2. The van der Waals surface area contributed by atoms with E-state index in [9.17, 15) is 43.2 Å². The number of aliphatic hydroxyl groups is 1. The monoisotopic (exact) mass is 1410 g/mol. The van der Waals surface area contributed by atoms with Crippen molar-refractivity contribution >= 4 is 39.5 Å². The van der Waals surface area contributed by atoms with Gasteiger partial charge in [0.15, 0.2) is 12.2 Å². The number of hydrogen-bond donors (Lipinski definition) is 3. The Morgan fingerprint density at radius 2 is 0.571 bits per heavy atom. The van der Waals surface area contributed by atoms with Crippen LogP contribution in [0.2, 0.25) is 0 Å². The first-order valence-corrected chi connectivity index (χ1v) is 39.7. The van der Waals surface area contributed by atoms with Crippen LogP contribution >= 0.6 is 15.6 Å². The molecule has 5 unspecified atom stereocenters. The lowest BCUT2D eigenvalue weighted by molar-refractivity contribution is -0.161. The summed E-state index contributed by atoms with van der Waals surface area (Å²) in [6, 6.07) is 0. The van der Waals surface area contributed by atoms with Crippen LogP contribution in [0.25, 0.3) is 0 Å². The molecule has 556 valence electrons. The quantitative estimate of drug-likeness (QED) is 0.0169. The fraction of sp³-hybridized carbons (Fsp3) is 0.620. The Morgan fingerprint density at radius 3 is 0.908 bits per heavy atom. The van der Waals surface area contributed by atoms with Crippen molar-refractivity contribution in [2.45, 2.75) is 277 Å². The molecule has 0 radical (unpaired) electrons. The van der Waals surface area contributed by atoms with Gasteiger partial charge in [-0.25, -0.2) is 9.13 Å². The van der Waals surface area contributed by atoms with E-state index in [1.807, 2.05) is 18.2 Å². The van der Waals surface area contributed by atoms with Crippen molar-refractivity contribution in [1.82, 2.24) is 0 Å². The largest absolute Gasteiger partial charge is 0.472 e. The molecule has 0 rings (SSSR count). The average Bonchev–Trinajstić information content (AvgIpc) is 1.04. The second-order valence-corrected chi connectivity index (χ2v) is 26.7. The zero-order valence-electron chi connectivity index (χ0n) is 60.4. The van der Waals surface area contributed by atoms with Gasteiger partial charge in [-0.3, -0.25) is 37.3 Å². The van der Waals surface area contributed by atoms with E-state index in [0.29, 0.717) is 25.7 Å². The first-order chi connectivity index (χ1) is 47.7. The van der Waals surface area contributed by atoms with Crippen LogP contribution in [0.3, 0.4) is 0 Å². The highest BCUT2D eigenvalue weighted by Gasteiger charge is 2.30. The van der Waals surface area contributed by atoms with Gasteiger partial charge in [0, 0.05) is 19.3 Å². The van der Waals surface area contributed by atoms with Crippen LogP contribution in [0.4, 0.5) is 0 Å². The SMILES string of the molecule is CC/C=C\C/C=C\C/C=C\C/C=C\C/C=C\CC(=O)OCC(COP(=O)(O)OCC(O)COP(=O)(O)OCC(COC(=O)CCCCCCC/C=C\C/C=C\C/C=C\CC)OC(=O)CCCCCCC/C=C\C/C=C\CCC)OC(=O)CCCCCCC/C=C\C/C=C\C/C=C\CC. The molecule has 19 heteroatoms. The molecule has 0 aliphatic rings. The van der Waals surface area contributed by atoms with E-state index in [-0.39, 0.29) is 25.7 Å². The molecule has 0 fully saturated rings. The van der Waals surface area contributed by atoms with Crippen molar-refractivity contribution in [3.63, 3.8) is 0 Å². The highest BCUT2D eigenvalue weighted by atomic mass is 31.2. The minimum atomic E-state index is -5.00. The maximum absolute atomic E-state index is 13.1. The number of rotatable bonds is 67. The van der Waals surface area contributed by atoms with Gasteiger partial charge in [-0.05, 0) is 141 Å². The van der Waals surface area contributed by atoms with Gasteiger partial charge in [-0.15, -0.1) is 0 Å². The molecule has 0 spiro atoms. The van der Waals surface area contributed by atoms with Crippen LogP contribution in [0.1, 0.15) is 259 Å². The van der Waals surface area contributed by atoms with E-state index >= 15 is 0 Å². The summed E-state index contributed by atoms with van der Waals surface area (Å²) < 4.78 is 68.2. The van der Waals surface area contributed by atoms with E-state index < -0.39 is 97.5 Å². The van der Waals surface area contributed by atoms with Crippen molar-refractivity contribution in [2.24, 2.45) is 0 Å². The number of aliphatic hydroxyl groups excluding tert-OH is 1. The molecule has 0 aromatic rings. The maximum atomic E-state index is 13.1. The highest BCUT2D eigenvalue weighted by molar-refractivity contribution is 7.47. The number of unbranched alkanes of at least 4 members (excludes halogenated alkanes) is 16. The Labute approximate surface area is 591 Å². The number of ether oxygens (including phenoxy) is 4. The summed E-state index contributed by atoms with van der Waals surface area (Å²) in [7, 11) is -10.00. The van der Waals surface area contributed by atoms with Crippen LogP contribution in [0.5, 0.6) is 0 Å². The topological polar surface area (TPSA) is 237 Å².